The largest absolute Gasteiger partial charge is 0.481 e. The molecule has 1 fully saturated rings. The second-order valence-corrected chi connectivity index (χ2v) is 6.64. The van der Waals surface area contributed by atoms with Crippen LogP contribution in [0.2, 0.25) is 0 Å². The van der Waals surface area contributed by atoms with Crippen molar-refractivity contribution in [2.75, 3.05) is 0 Å². The molecule has 4 heteroatoms. The van der Waals surface area contributed by atoms with E-state index in [0.717, 1.165) is 24.8 Å². The molecule has 0 bridgehead atoms. The Balaban J connectivity index is 2.54. The fraction of sp³-hybridized carbons (Fsp3) is 0.750. The molecule has 0 aromatic rings. The molecule has 1 saturated carbocycles. The highest BCUT2D eigenvalue weighted by Crippen LogP contribution is 2.42. The molecular formula is C16H26O4. The van der Waals surface area contributed by atoms with Gasteiger partial charge in [0.25, 0.3) is 0 Å². The van der Waals surface area contributed by atoms with Crippen LogP contribution in [0.3, 0.4) is 0 Å². The number of carboxylic acids is 1. The molecule has 0 radical (unpaired) electrons. The molecule has 0 aromatic heterocycles. The molecule has 1 rings (SSSR count). The van der Waals surface area contributed by atoms with Crippen LogP contribution in [0, 0.1) is 11.3 Å². The average Bonchev–Trinajstić information content (AvgIpc) is 2.26. The Hall–Kier alpha value is -1.32. The average molecular weight is 282 g/mol. The van der Waals surface area contributed by atoms with Crippen LogP contribution in [0.1, 0.15) is 59.3 Å². The Morgan fingerprint density at radius 2 is 2.00 bits per heavy atom. The van der Waals surface area contributed by atoms with Crippen molar-refractivity contribution in [1.82, 2.24) is 0 Å². The molecule has 1 N–H and O–H groups in total. The van der Waals surface area contributed by atoms with Gasteiger partial charge >= 0.3 is 11.9 Å². The third-order valence-corrected chi connectivity index (χ3v) is 4.02. The van der Waals surface area contributed by atoms with Crippen molar-refractivity contribution in [1.29, 1.82) is 0 Å². The summed E-state index contributed by atoms with van der Waals surface area (Å²) in [4.78, 5) is 22.3. The number of hydrogen-bond donors (Lipinski definition) is 1. The maximum atomic E-state index is 11.8. The van der Waals surface area contributed by atoms with Crippen LogP contribution < -0.4 is 0 Å². The second-order valence-electron chi connectivity index (χ2n) is 6.64. The number of rotatable bonds is 6. The van der Waals surface area contributed by atoms with Gasteiger partial charge in [-0.2, -0.15) is 0 Å². The summed E-state index contributed by atoms with van der Waals surface area (Å²) in [7, 11) is 0. The molecule has 114 valence electrons. The SMILES string of the molecule is C=C(C)C1CCC(C)(C)CC1OC(=O)CCCC(=O)O. The monoisotopic (exact) mass is 282 g/mol. The zero-order valence-corrected chi connectivity index (χ0v) is 12.8. The van der Waals surface area contributed by atoms with Gasteiger partial charge in [0, 0.05) is 18.8 Å². The molecule has 0 aromatic carbocycles. The molecule has 20 heavy (non-hydrogen) atoms. The van der Waals surface area contributed by atoms with Crippen LogP contribution in [-0.4, -0.2) is 23.1 Å². The first-order chi connectivity index (χ1) is 9.21. The molecule has 0 spiro atoms. The third kappa shape index (κ3) is 5.35. The van der Waals surface area contributed by atoms with Gasteiger partial charge < -0.3 is 9.84 Å². The lowest BCUT2D eigenvalue weighted by atomic mass is 9.70. The minimum absolute atomic E-state index is 0.00910. The van der Waals surface area contributed by atoms with Crippen LogP contribution in [0.25, 0.3) is 0 Å². The summed E-state index contributed by atoms with van der Waals surface area (Å²) in [6, 6.07) is 0. The third-order valence-electron chi connectivity index (χ3n) is 4.02. The van der Waals surface area contributed by atoms with Gasteiger partial charge in [0.2, 0.25) is 0 Å². The van der Waals surface area contributed by atoms with Crippen LogP contribution in [-0.2, 0) is 14.3 Å². The number of carboxylic acid groups (broad SMARTS) is 1. The zero-order chi connectivity index (χ0) is 15.3. The maximum absolute atomic E-state index is 11.8. The number of aliphatic carboxylic acids is 1. The highest BCUT2D eigenvalue weighted by atomic mass is 16.5. The number of carbonyl (C=O) groups excluding carboxylic acids is 1. The van der Waals surface area contributed by atoms with E-state index in [1.54, 1.807) is 0 Å². The topological polar surface area (TPSA) is 63.6 Å². The molecule has 1 aliphatic carbocycles. The van der Waals surface area contributed by atoms with Crippen LogP contribution in [0.4, 0.5) is 0 Å². The van der Waals surface area contributed by atoms with Crippen molar-refractivity contribution in [2.24, 2.45) is 11.3 Å². The molecule has 0 amide bonds. The van der Waals surface area contributed by atoms with Crippen molar-refractivity contribution < 1.29 is 19.4 Å². The minimum atomic E-state index is -0.878. The van der Waals surface area contributed by atoms with E-state index in [-0.39, 0.29) is 36.2 Å². The second kappa shape index (κ2) is 6.91. The van der Waals surface area contributed by atoms with E-state index in [1.165, 1.54) is 0 Å². The van der Waals surface area contributed by atoms with Crippen LogP contribution >= 0.6 is 0 Å². The molecular weight excluding hydrogens is 256 g/mol. The first kappa shape index (κ1) is 16.7. The fourth-order valence-electron chi connectivity index (χ4n) is 2.82. The number of hydrogen-bond acceptors (Lipinski definition) is 3. The van der Waals surface area contributed by atoms with E-state index in [1.807, 2.05) is 6.92 Å². The van der Waals surface area contributed by atoms with Crippen molar-refractivity contribution in [2.45, 2.75) is 65.4 Å². The first-order valence-corrected chi connectivity index (χ1v) is 7.28. The summed E-state index contributed by atoms with van der Waals surface area (Å²) in [5, 5.41) is 8.57. The molecule has 1 aliphatic rings. The number of esters is 1. The lowest BCUT2D eigenvalue weighted by Gasteiger charge is -2.40. The minimum Gasteiger partial charge on any atom is -0.481 e. The Morgan fingerprint density at radius 3 is 2.55 bits per heavy atom. The van der Waals surface area contributed by atoms with Crippen LogP contribution in [0.5, 0.6) is 0 Å². The smallest absolute Gasteiger partial charge is 0.306 e. The number of ether oxygens (including phenoxy) is 1. The predicted octanol–water partition coefficient (Wildman–Crippen LogP) is 3.56. The molecule has 4 nitrogen and oxygen atoms in total. The molecule has 0 aliphatic heterocycles. The summed E-state index contributed by atoms with van der Waals surface area (Å²) in [5.41, 5.74) is 1.24. The van der Waals surface area contributed by atoms with E-state index in [0.29, 0.717) is 6.42 Å². The van der Waals surface area contributed by atoms with Crippen molar-refractivity contribution in [3.63, 3.8) is 0 Å². The lowest BCUT2D eigenvalue weighted by molar-refractivity contribution is -0.155. The van der Waals surface area contributed by atoms with Crippen molar-refractivity contribution >= 4 is 11.9 Å². The summed E-state index contributed by atoms with van der Waals surface area (Å²) in [6.07, 6.45) is 3.35. The quantitative estimate of drug-likeness (QED) is 0.597. The lowest BCUT2D eigenvalue weighted by Crippen LogP contribution is -2.37. The maximum Gasteiger partial charge on any atom is 0.306 e. The Morgan fingerprint density at radius 1 is 1.35 bits per heavy atom. The Kier molecular flexibility index (Phi) is 5.78. The normalized spacial score (nSPS) is 24.9. The molecule has 0 heterocycles. The Labute approximate surface area is 121 Å². The van der Waals surface area contributed by atoms with Gasteiger partial charge in [-0.1, -0.05) is 26.0 Å². The van der Waals surface area contributed by atoms with E-state index in [4.69, 9.17) is 9.84 Å². The predicted molar refractivity (Wildman–Crippen MR) is 77.3 cm³/mol. The summed E-state index contributed by atoms with van der Waals surface area (Å²) < 4.78 is 5.59. The van der Waals surface area contributed by atoms with E-state index in [9.17, 15) is 9.59 Å². The molecule has 2 atom stereocenters. The van der Waals surface area contributed by atoms with Gasteiger partial charge in [0.15, 0.2) is 0 Å². The summed E-state index contributed by atoms with van der Waals surface area (Å²) >= 11 is 0. The van der Waals surface area contributed by atoms with Gasteiger partial charge in [-0.05, 0) is 38.0 Å². The summed E-state index contributed by atoms with van der Waals surface area (Å²) in [5.74, 6) is -0.942. The van der Waals surface area contributed by atoms with E-state index >= 15 is 0 Å². The highest BCUT2D eigenvalue weighted by Gasteiger charge is 2.37. The Bertz CT molecular complexity index is 384. The van der Waals surface area contributed by atoms with Crippen molar-refractivity contribution in [3.05, 3.63) is 12.2 Å². The number of carbonyl (C=O) groups is 2. The zero-order valence-electron chi connectivity index (χ0n) is 12.8. The van der Waals surface area contributed by atoms with Gasteiger partial charge in [0.05, 0.1) is 0 Å². The van der Waals surface area contributed by atoms with Gasteiger partial charge in [-0.25, -0.2) is 0 Å². The fourth-order valence-corrected chi connectivity index (χ4v) is 2.82. The standard InChI is InChI=1S/C16H26O4/c1-11(2)12-8-9-16(3,4)10-13(12)20-15(19)7-5-6-14(17)18/h12-13H,1,5-10H2,2-4H3,(H,17,18). The van der Waals surface area contributed by atoms with Crippen LogP contribution in [0.15, 0.2) is 12.2 Å². The molecule has 2 unspecified atom stereocenters. The first-order valence-electron chi connectivity index (χ1n) is 7.28. The van der Waals surface area contributed by atoms with Gasteiger partial charge in [-0.3, -0.25) is 9.59 Å². The van der Waals surface area contributed by atoms with Gasteiger partial charge in [-0.15, -0.1) is 0 Å². The summed E-state index contributed by atoms with van der Waals surface area (Å²) in [6.45, 7) is 10.4. The highest BCUT2D eigenvalue weighted by molar-refractivity contribution is 5.71. The van der Waals surface area contributed by atoms with E-state index < -0.39 is 5.97 Å². The van der Waals surface area contributed by atoms with E-state index in [2.05, 4.69) is 20.4 Å². The van der Waals surface area contributed by atoms with Crippen molar-refractivity contribution in [3.8, 4) is 0 Å². The molecule has 0 saturated heterocycles. The van der Waals surface area contributed by atoms with Gasteiger partial charge in [0.1, 0.15) is 6.10 Å².